The van der Waals surface area contributed by atoms with Crippen LogP contribution in [-0.2, 0) is 0 Å². The van der Waals surface area contributed by atoms with Crippen molar-refractivity contribution in [3.8, 4) is 0 Å². The van der Waals surface area contributed by atoms with Gasteiger partial charge in [0.25, 0.3) is 5.91 Å². The maximum absolute atomic E-state index is 11.8. The van der Waals surface area contributed by atoms with E-state index in [-0.39, 0.29) is 5.91 Å². The average molecular weight is 369 g/mol. The molecule has 90 valence electrons. The Kier molecular flexibility index (Phi) is 6.61. The van der Waals surface area contributed by atoms with Gasteiger partial charge in [-0.2, -0.15) is 0 Å². The highest BCUT2D eigenvalue weighted by Gasteiger charge is 2.13. The number of rotatable bonds is 6. The van der Waals surface area contributed by atoms with Crippen LogP contribution in [0.3, 0.4) is 0 Å². The van der Waals surface area contributed by atoms with Gasteiger partial charge in [0.2, 0.25) is 0 Å². The molecule has 0 radical (unpaired) electrons. The molecule has 0 aliphatic heterocycles. The van der Waals surface area contributed by atoms with Crippen molar-refractivity contribution >= 4 is 49.1 Å². The van der Waals surface area contributed by atoms with Gasteiger partial charge in [0.15, 0.2) is 0 Å². The first-order valence-electron chi connectivity index (χ1n) is 5.26. The Labute approximate surface area is 117 Å². The van der Waals surface area contributed by atoms with Crippen LogP contribution in [0.15, 0.2) is 15.9 Å². The first-order chi connectivity index (χ1) is 7.69. The van der Waals surface area contributed by atoms with E-state index in [4.69, 9.17) is 0 Å². The summed E-state index contributed by atoms with van der Waals surface area (Å²) >= 11 is 8.26. The standard InChI is InChI=1S/C11H15Br2NOS/c1-2-8(3-5-12)7-14-11(15)10-9(13)4-6-16-10/h4,6,8H,2-3,5,7H2,1H3,(H,14,15). The number of hydrogen-bond acceptors (Lipinski definition) is 2. The van der Waals surface area contributed by atoms with Gasteiger partial charge in [-0.25, -0.2) is 0 Å². The number of nitrogens with one attached hydrogen (secondary N) is 1. The Balaban J connectivity index is 2.43. The molecule has 0 aromatic carbocycles. The molecule has 0 bridgehead atoms. The molecule has 0 aliphatic carbocycles. The molecule has 1 amide bonds. The summed E-state index contributed by atoms with van der Waals surface area (Å²) in [5.74, 6) is 0.581. The van der Waals surface area contributed by atoms with Gasteiger partial charge < -0.3 is 5.32 Å². The molecule has 0 saturated carbocycles. The van der Waals surface area contributed by atoms with Crippen molar-refractivity contribution in [3.63, 3.8) is 0 Å². The van der Waals surface area contributed by atoms with Crippen LogP contribution in [0.4, 0.5) is 0 Å². The number of thiophene rings is 1. The molecule has 1 N–H and O–H groups in total. The summed E-state index contributed by atoms with van der Waals surface area (Å²) in [6.45, 7) is 2.91. The minimum absolute atomic E-state index is 0.0231. The van der Waals surface area contributed by atoms with E-state index in [9.17, 15) is 4.79 Å². The van der Waals surface area contributed by atoms with Crippen LogP contribution in [0, 0.1) is 5.92 Å². The van der Waals surface area contributed by atoms with Gasteiger partial charge >= 0.3 is 0 Å². The Bertz CT molecular complexity index is 340. The highest BCUT2D eigenvalue weighted by atomic mass is 79.9. The molecular weight excluding hydrogens is 354 g/mol. The number of carbonyl (C=O) groups is 1. The Morgan fingerprint density at radius 3 is 2.88 bits per heavy atom. The van der Waals surface area contributed by atoms with Crippen LogP contribution in [-0.4, -0.2) is 17.8 Å². The quantitative estimate of drug-likeness (QED) is 0.754. The third kappa shape index (κ3) is 4.18. The van der Waals surface area contributed by atoms with Crippen molar-refractivity contribution < 1.29 is 4.79 Å². The molecule has 0 spiro atoms. The van der Waals surface area contributed by atoms with Crippen molar-refractivity contribution in [2.24, 2.45) is 5.92 Å². The first-order valence-corrected chi connectivity index (χ1v) is 8.05. The van der Waals surface area contributed by atoms with Crippen molar-refractivity contribution in [2.75, 3.05) is 11.9 Å². The molecule has 0 fully saturated rings. The van der Waals surface area contributed by atoms with Crippen LogP contribution in [0.2, 0.25) is 0 Å². The van der Waals surface area contributed by atoms with Gasteiger partial charge in [0.1, 0.15) is 4.88 Å². The van der Waals surface area contributed by atoms with E-state index in [1.54, 1.807) is 0 Å². The highest BCUT2D eigenvalue weighted by molar-refractivity contribution is 9.10. The van der Waals surface area contributed by atoms with Crippen LogP contribution in [0.5, 0.6) is 0 Å². The largest absolute Gasteiger partial charge is 0.351 e. The zero-order valence-corrected chi connectivity index (χ0v) is 13.1. The zero-order valence-electron chi connectivity index (χ0n) is 9.13. The van der Waals surface area contributed by atoms with Gasteiger partial charge in [-0.05, 0) is 39.7 Å². The summed E-state index contributed by atoms with van der Waals surface area (Å²) in [6, 6.07) is 1.90. The molecule has 1 unspecified atom stereocenters. The number of hydrogen-bond donors (Lipinski definition) is 1. The molecule has 1 atom stereocenters. The summed E-state index contributed by atoms with van der Waals surface area (Å²) in [4.78, 5) is 12.6. The second-order valence-corrected chi connectivity index (χ2v) is 6.12. The monoisotopic (exact) mass is 367 g/mol. The predicted molar refractivity (Wildman–Crippen MR) is 76.5 cm³/mol. The molecule has 1 rings (SSSR count). The van der Waals surface area contributed by atoms with Crippen LogP contribution in [0.1, 0.15) is 29.4 Å². The molecule has 1 aromatic heterocycles. The Morgan fingerprint density at radius 1 is 1.62 bits per heavy atom. The second kappa shape index (κ2) is 7.45. The average Bonchev–Trinajstić information content (AvgIpc) is 2.70. The van der Waals surface area contributed by atoms with Gasteiger partial charge in [-0.15, -0.1) is 11.3 Å². The normalized spacial score (nSPS) is 12.4. The fourth-order valence-electron chi connectivity index (χ4n) is 1.38. The maximum atomic E-state index is 11.8. The van der Waals surface area contributed by atoms with Crippen LogP contribution >= 0.6 is 43.2 Å². The van der Waals surface area contributed by atoms with Gasteiger partial charge in [0.05, 0.1) is 0 Å². The summed E-state index contributed by atoms with van der Waals surface area (Å²) in [6.07, 6.45) is 2.19. The first kappa shape index (κ1) is 14.2. The molecule has 16 heavy (non-hydrogen) atoms. The predicted octanol–water partition coefficient (Wildman–Crippen LogP) is 4.05. The number of halogens is 2. The van der Waals surface area contributed by atoms with Crippen molar-refractivity contribution in [1.29, 1.82) is 0 Å². The molecular formula is C11H15Br2NOS. The van der Waals surface area contributed by atoms with Gasteiger partial charge in [0, 0.05) is 16.3 Å². The molecule has 2 nitrogen and oxygen atoms in total. The lowest BCUT2D eigenvalue weighted by molar-refractivity contribution is 0.0950. The van der Waals surface area contributed by atoms with E-state index in [1.165, 1.54) is 11.3 Å². The van der Waals surface area contributed by atoms with E-state index in [0.29, 0.717) is 5.92 Å². The van der Waals surface area contributed by atoms with E-state index < -0.39 is 0 Å². The van der Waals surface area contributed by atoms with Gasteiger partial charge in [-0.3, -0.25) is 4.79 Å². The Morgan fingerprint density at radius 2 is 2.38 bits per heavy atom. The highest BCUT2D eigenvalue weighted by Crippen LogP contribution is 2.22. The van der Waals surface area contributed by atoms with Crippen molar-refractivity contribution in [2.45, 2.75) is 19.8 Å². The van der Waals surface area contributed by atoms with Crippen LogP contribution in [0.25, 0.3) is 0 Å². The second-order valence-electron chi connectivity index (χ2n) is 3.56. The Hall–Kier alpha value is 0.130. The fourth-order valence-corrected chi connectivity index (χ4v) is 3.49. The minimum atomic E-state index is 0.0231. The van der Waals surface area contributed by atoms with Crippen LogP contribution < -0.4 is 5.32 Å². The minimum Gasteiger partial charge on any atom is -0.351 e. The van der Waals surface area contributed by atoms with E-state index >= 15 is 0 Å². The molecule has 5 heteroatoms. The van der Waals surface area contributed by atoms with E-state index in [1.807, 2.05) is 11.4 Å². The summed E-state index contributed by atoms with van der Waals surface area (Å²) in [5.41, 5.74) is 0. The smallest absolute Gasteiger partial charge is 0.262 e. The summed E-state index contributed by atoms with van der Waals surface area (Å²) in [5, 5.41) is 5.88. The van der Waals surface area contributed by atoms with E-state index in [2.05, 4.69) is 44.1 Å². The van der Waals surface area contributed by atoms with Gasteiger partial charge in [-0.1, -0.05) is 29.3 Å². The third-order valence-corrected chi connectivity index (χ3v) is 4.76. The lowest BCUT2D eigenvalue weighted by Gasteiger charge is -2.13. The summed E-state index contributed by atoms with van der Waals surface area (Å²) in [7, 11) is 0. The summed E-state index contributed by atoms with van der Waals surface area (Å²) < 4.78 is 0.878. The van der Waals surface area contributed by atoms with E-state index in [0.717, 1.165) is 34.1 Å². The molecule has 0 aliphatic rings. The van der Waals surface area contributed by atoms with Crippen molar-refractivity contribution in [3.05, 3.63) is 20.8 Å². The molecule has 1 aromatic rings. The maximum Gasteiger partial charge on any atom is 0.262 e. The number of carbonyl (C=O) groups excluding carboxylic acids is 1. The molecule has 1 heterocycles. The SMILES string of the molecule is CCC(CCBr)CNC(=O)c1sccc1Br. The number of alkyl halides is 1. The topological polar surface area (TPSA) is 29.1 Å². The lowest BCUT2D eigenvalue weighted by atomic mass is 10.0. The number of amides is 1. The fraction of sp³-hybridized carbons (Fsp3) is 0.545. The zero-order chi connectivity index (χ0) is 12.0. The lowest BCUT2D eigenvalue weighted by Crippen LogP contribution is -2.28. The van der Waals surface area contributed by atoms with Crippen molar-refractivity contribution in [1.82, 2.24) is 5.32 Å². The molecule has 0 saturated heterocycles. The third-order valence-electron chi connectivity index (χ3n) is 2.47.